The van der Waals surface area contributed by atoms with E-state index in [-0.39, 0.29) is 11.9 Å². The van der Waals surface area contributed by atoms with Crippen LogP contribution in [0, 0.1) is 13.8 Å². The molecule has 2 N–H and O–H groups in total. The Balaban J connectivity index is 1.83. The molecular weight excluding hydrogens is 292 g/mol. The van der Waals surface area contributed by atoms with Crippen molar-refractivity contribution in [3.05, 3.63) is 40.7 Å². The van der Waals surface area contributed by atoms with Gasteiger partial charge in [0.1, 0.15) is 11.0 Å². The van der Waals surface area contributed by atoms with E-state index in [0.29, 0.717) is 11.1 Å². The molecule has 2 aromatic heterocycles. The Bertz CT molecular complexity index is 863. The summed E-state index contributed by atoms with van der Waals surface area (Å²) in [4.78, 5) is 12.5. The van der Waals surface area contributed by atoms with Crippen molar-refractivity contribution in [3.63, 3.8) is 0 Å². The maximum Gasteiger partial charge on any atom is 0.251 e. The zero-order valence-corrected chi connectivity index (χ0v) is 13.7. The minimum Gasteiger partial charge on any atom is -0.345 e. The number of hydrogen-bond acceptors (Lipinski definition) is 4. The Morgan fingerprint density at radius 1 is 1.30 bits per heavy atom. The van der Waals surface area contributed by atoms with E-state index < -0.39 is 0 Å². The number of rotatable bonds is 4. The number of aromatic nitrogens is 5. The SMILES string of the molecule is CCn1nc(C)c([C@@H](C)NC(=O)c2ccc3n[nH]nc3c2)c1C. The van der Waals surface area contributed by atoms with Crippen molar-refractivity contribution in [3.8, 4) is 0 Å². The largest absolute Gasteiger partial charge is 0.345 e. The monoisotopic (exact) mass is 312 g/mol. The van der Waals surface area contributed by atoms with E-state index in [2.05, 4.69) is 32.7 Å². The lowest BCUT2D eigenvalue weighted by Gasteiger charge is -2.15. The van der Waals surface area contributed by atoms with Crippen LogP contribution in [0.4, 0.5) is 0 Å². The summed E-state index contributed by atoms with van der Waals surface area (Å²) in [6.45, 7) is 8.85. The zero-order chi connectivity index (χ0) is 16.6. The van der Waals surface area contributed by atoms with E-state index in [1.165, 1.54) is 0 Å². The number of aromatic amines is 1. The lowest BCUT2D eigenvalue weighted by molar-refractivity contribution is 0.0940. The maximum absolute atomic E-state index is 12.5. The first kappa shape index (κ1) is 15.2. The molecule has 0 fully saturated rings. The van der Waals surface area contributed by atoms with Gasteiger partial charge in [0.2, 0.25) is 0 Å². The molecule has 120 valence electrons. The molecule has 0 saturated carbocycles. The Hall–Kier alpha value is -2.70. The quantitative estimate of drug-likeness (QED) is 0.773. The van der Waals surface area contributed by atoms with Crippen molar-refractivity contribution in [2.45, 2.75) is 40.3 Å². The summed E-state index contributed by atoms with van der Waals surface area (Å²) in [6.07, 6.45) is 0. The predicted molar refractivity (Wildman–Crippen MR) is 87.1 cm³/mol. The number of aryl methyl sites for hydroxylation is 2. The van der Waals surface area contributed by atoms with E-state index in [0.717, 1.165) is 29.0 Å². The number of benzene rings is 1. The molecule has 1 atom stereocenters. The number of carbonyl (C=O) groups excluding carboxylic acids is 1. The highest BCUT2D eigenvalue weighted by Crippen LogP contribution is 2.22. The van der Waals surface area contributed by atoms with Gasteiger partial charge >= 0.3 is 0 Å². The molecule has 1 aromatic carbocycles. The van der Waals surface area contributed by atoms with Crippen molar-refractivity contribution >= 4 is 16.9 Å². The van der Waals surface area contributed by atoms with Crippen molar-refractivity contribution in [2.75, 3.05) is 0 Å². The number of fused-ring (bicyclic) bond motifs is 1. The third-order valence-electron chi connectivity index (χ3n) is 4.10. The molecule has 3 aromatic rings. The van der Waals surface area contributed by atoms with Crippen LogP contribution in [0.3, 0.4) is 0 Å². The fourth-order valence-electron chi connectivity index (χ4n) is 2.98. The van der Waals surface area contributed by atoms with Crippen LogP contribution >= 0.6 is 0 Å². The molecule has 7 nitrogen and oxygen atoms in total. The Kier molecular flexibility index (Phi) is 3.85. The first-order valence-corrected chi connectivity index (χ1v) is 7.66. The molecule has 0 spiro atoms. The lowest BCUT2D eigenvalue weighted by atomic mass is 10.1. The van der Waals surface area contributed by atoms with Crippen LogP contribution < -0.4 is 5.32 Å². The molecule has 0 aliphatic carbocycles. The van der Waals surface area contributed by atoms with Crippen molar-refractivity contribution in [2.24, 2.45) is 0 Å². The van der Waals surface area contributed by atoms with Crippen LogP contribution in [0.15, 0.2) is 18.2 Å². The summed E-state index contributed by atoms with van der Waals surface area (Å²) in [5.41, 5.74) is 5.09. The Morgan fingerprint density at radius 3 is 2.74 bits per heavy atom. The van der Waals surface area contributed by atoms with Crippen LogP contribution in [0.1, 0.15) is 47.2 Å². The van der Waals surface area contributed by atoms with Gasteiger partial charge in [-0.2, -0.15) is 20.5 Å². The van der Waals surface area contributed by atoms with Gasteiger partial charge in [-0.25, -0.2) is 0 Å². The van der Waals surface area contributed by atoms with E-state index >= 15 is 0 Å². The van der Waals surface area contributed by atoms with Crippen molar-refractivity contribution in [1.82, 2.24) is 30.5 Å². The Labute approximate surface area is 134 Å². The standard InChI is InChI=1S/C16H20N6O/c1-5-22-11(4)15(10(3)20-22)9(2)17-16(23)12-6-7-13-14(8-12)19-21-18-13/h6-9H,5H2,1-4H3,(H,17,23)(H,18,19,21)/t9-/m1/s1. The van der Waals surface area contributed by atoms with E-state index in [1.54, 1.807) is 18.2 Å². The summed E-state index contributed by atoms with van der Waals surface area (Å²) in [7, 11) is 0. The Morgan fingerprint density at radius 2 is 2.04 bits per heavy atom. The minimum absolute atomic E-state index is 0.115. The first-order valence-electron chi connectivity index (χ1n) is 7.66. The number of hydrogen-bond donors (Lipinski definition) is 2. The van der Waals surface area contributed by atoms with Crippen LogP contribution in [0.2, 0.25) is 0 Å². The maximum atomic E-state index is 12.5. The highest BCUT2D eigenvalue weighted by Gasteiger charge is 2.19. The number of H-pyrrole nitrogens is 1. The number of amides is 1. The van der Waals surface area contributed by atoms with Gasteiger partial charge in [0.05, 0.1) is 11.7 Å². The molecule has 0 radical (unpaired) electrons. The van der Waals surface area contributed by atoms with E-state index in [4.69, 9.17) is 0 Å². The molecule has 0 aliphatic rings. The molecule has 23 heavy (non-hydrogen) atoms. The van der Waals surface area contributed by atoms with Gasteiger partial charge in [-0.1, -0.05) is 0 Å². The second-order valence-electron chi connectivity index (χ2n) is 5.62. The van der Waals surface area contributed by atoms with Crippen LogP contribution in [0.25, 0.3) is 11.0 Å². The van der Waals surface area contributed by atoms with E-state index in [1.807, 2.05) is 25.5 Å². The number of nitrogens with zero attached hydrogens (tertiary/aromatic N) is 4. The third-order valence-corrected chi connectivity index (χ3v) is 4.10. The third kappa shape index (κ3) is 2.69. The number of nitrogens with one attached hydrogen (secondary N) is 2. The van der Waals surface area contributed by atoms with Gasteiger partial charge in [-0.3, -0.25) is 9.48 Å². The number of carbonyl (C=O) groups is 1. The van der Waals surface area contributed by atoms with Crippen LogP contribution in [-0.2, 0) is 6.54 Å². The summed E-state index contributed by atoms with van der Waals surface area (Å²) >= 11 is 0. The van der Waals surface area contributed by atoms with Crippen LogP contribution in [0.5, 0.6) is 0 Å². The van der Waals surface area contributed by atoms with Gasteiger partial charge in [-0.15, -0.1) is 0 Å². The summed E-state index contributed by atoms with van der Waals surface area (Å²) < 4.78 is 1.95. The van der Waals surface area contributed by atoms with Gasteiger partial charge in [-0.05, 0) is 45.9 Å². The highest BCUT2D eigenvalue weighted by molar-refractivity contribution is 5.97. The molecule has 1 amide bonds. The van der Waals surface area contributed by atoms with Gasteiger partial charge in [0.15, 0.2) is 0 Å². The molecule has 0 bridgehead atoms. The van der Waals surface area contributed by atoms with Crippen molar-refractivity contribution < 1.29 is 4.79 Å². The summed E-state index contributed by atoms with van der Waals surface area (Å²) in [5, 5.41) is 18.1. The molecule has 0 aliphatic heterocycles. The lowest BCUT2D eigenvalue weighted by Crippen LogP contribution is -2.27. The predicted octanol–water partition coefficient (Wildman–Crippen LogP) is 2.28. The van der Waals surface area contributed by atoms with Gasteiger partial charge in [0.25, 0.3) is 5.91 Å². The molecule has 7 heteroatoms. The summed E-state index contributed by atoms with van der Waals surface area (Å²) in [5.74, 6) is -0.134. The molecule has 2 heterocycles. The van der Waals surface area contributed by atoms with Gasteiger partial charge < -0.3 is 5.32 Å². The van der Waals surface area contributed by atoms with Crippen molar-refractivity contribution in [1.29, 1.82) is 0 Å². The second kappa shape index (κ2) is 5.83. The minimum atomic E-state index is -0.134. The topological polar surface area (TPSA) is 88.5 Å². The highest BCUT2D eigenvalue weighted by atomic mass is 16.1. The average molecular weight is 312 g/mol. The fraction of sp³-hybridized carbons (Fsp3) is 0.375. The smallest absolute Gasteiger partial charge is 0.251 e. The zero-order valence-electron chi connectivity index (χ0n) is 13.7. The summed E-state index contributed by atoms with van der Waals surface area (Å²) in [6, 6.07) is 5.15. The second-order valence-corrected chi connectivity index (χ2v) is 5.62. The molecule has 0 saturated heterocycles. The molecular formula is C16H20N6O. The first-order chi connectivity index (χ1) is 11.0. The normalized spacial score (nSPS) is 12.5. The molecule has 3 rings (SSSR count). The fourth-order valence-corrected chi connectivity index (χ4v) is 2.98. The van der Waals surface area contributed by atoms with E-state index in [9.17, 15) is 4.79 Å². The molecule has 0 unspecified atom stereocenters. The average Bonchev–Trinajstić information content (AvgIpc) is 3.10. The van der Waals surface area contributed by atoms with Gasteiger partial charge in [0, 0.05) is 23.4 Å². The van der Waals surface area contributed by atoms with Crippen LogP contribution in [-0.4, -0.2) is 31.1 Å².